The molecule has 5 aromatic rings. The normalized spacial score (nSPS) is 18.2. The first-order valence-electron chi connectivity index (χ1n) is 13.2. The van der Waals surface area contributed by atoms with Gasteiger partial charge in [0.1, 0.15) is 17.8 Å². The molecule has 0 bridgehead atoms. The van der Waals surface area contributed by atoms with E-state index in [-0.39, 0.29) is 24.4 Å². The van der Waals surface area contributed by atoms with E-state index in [1.54, 1.807) is 47.6 Å². The number of furan rings is 1. The largest absolute Gasteiger partial charge is 0.467 e. The summed E-state index contributed by atoms with van der Waals surface area (Å²) in [6.07, 6.45) is 1.98. The second kappa shape index (κ2) is 9.27. The number of para-hydroxylation sites is 1. The van der Waals surface area contributed by atoms with Crippen molar-refractivity contribution < 1.29 is 18.8 Å². The zero-order valence-electron chi connectivity index (χ0n) is 21.8. The van der Waals surface area contributed by atoms with E-state index in [1.165, 1.54) is 4.90 Å². The van der Waals surface area contributed by atoms with Gasteiger partial charge >= 0.3 is 6.03 Å². The van der Waals surface area contributed by atoms with Crippen molar-refractivity contribution in [1.29, 1.82) is 0 Å². The maximum Gasteiger partial charge on any atom is 0.332 e. The van der Waals surface area contributed by atoms with Gasteiger partial charge in [0.25, 0.3) is 11.8 Å². The lowest BCUT2D eigenvalue weighted by molar-refractivity contribution is -0.120. The van der Waals surface area contributed by atoms with Crippen molar-refractivity contribution in [2.75, 3.05) is 4.90 Å². The van der Waals surface area contributed by atoms with Gasteiger partial charge in [-0.3, -0.25) is 14.5 Å². The van der Waals surface area contributed by atoms with Crippen LogP contribution in [-0.2, 0) is 17.8 Å². The number of nitrogens with one attached hydrogen (secondary N) is 2. The number of imide groups is 1. The third-order valence-corrected chi connectivity index (χ3v) is 7.83. The van der Waals surface area contributed by atoms with Crippen LogP contribution < -0.4 is 10.2 Å². The standard InChI is InChI=1S/C32H26N4O4/c1-19-8-10-20(11-9-19)29-28-25(24-6-2-3-7-26(24)34-28)17-27-31(38)35(32(39)36(27)29)22-14-12-21(13-15-22)30(37)33-18-23-5-4-16-40-23/h2-16,27,29,34H,17-18H2,1H3,(H,33,37)/t27-,29?/m0/s1. The van der Waals surface area contributed by atoms with Crippen molar-refractivity contribution >= 4 is 34.4 Å². The molecule has 8 nitrogen and oxygen atoms in total. The van der Waals surface area contributed by atoms with Gasteiger partial charge in [0.05, 0.1) is 18.5 Å². The number of carbonyl (C=O) groups is 3. The number of aryl methyl sites for hydroxylation is 1. The van der Waals surface area contributed by atoms with E-state index < -0.39 is 12.1 Å². The van der Waals surface area contributed by atoms with Gasteiger partial charge in [0.15, 0.2) is 0 Å². The predicted octanol–water partition coefficient (Wildman–Crippen LogP) is 5.48. The summed E-state index contributed by atoms with van der Waals surface area (Å²) in [5.41, 5.74) is 5.90. The summed E-state index contributed by atoms with van der Waals surface area (Å²) >= 11 is 0. The lowest BCUT2D eigenvalue weighted by Gasteiger charge is -2.36. The number of benzene rings is 3. The van der Waals surface area contributed by atoms with Gasteiger partial charge in [0, 0.05) is 28.6 Å². The number of aromatic amines is 1. The number of nitrogens with zero attached hydrogens (tertiary/aromatic N) is 2. The van der Waals surface area contributed by atoms with Gasteiger partial charge in [-0.05, 0) is 60.5 Å². The Bertz CT molecular complexity index is 1750. The van der Waals surface area contributed by atoms with Crippen LogP contribution in [0.1, 0.15) is 44.5 Å². The van der Waals surface area contributed by atoms with Gasteiger partial charge in [-0.25, -0.2) is 9.69 Å². The van der Waals surface area contributed by atoms with E-state index in [4.69, 9.17) is 4.42 Å². The van der Waals surface area contributed by atoms with Crippen LogP contribution in [0.2, 0.25) is 0 Å². The molecule has 8 heteroatoms. The highest BCUT2D eigenvalue weighted by Gasteiger charge is 2.53. The number of amides is 4. The fourth-order valence-electron chi connectivity index (χ4n) is 5.85. The number of fused-ring (bicyclic) bond motifs is 4. The van der Waals surface area contributed by atoms with Crippen molar-refractivity contribution in [3.8, 4) is 0 Å². The first-order chi connectivity index (χ1) is 19.5. The number of hydrogen-bond acceptors (Lipinski definition) is 4. The minimum atomic E-state index is -0.637. The van der Waals surface area contributed by atoms with E-state index in [0.29, 0.717) is 23.4 Å². The Balaban J connectivity index is 1.22. The van der Waals surface area contributed by atoms with Gasteiger partial charge in [-0.1, -0.05) is 48.0 Å². The molecule has 2 aromatic heterocycles. The Morgan fingerprint density at radius 3 is 2.50 bits per heavy atom. The molecule has 0 saturated carbocycles. The quantitative estimate of drug-likeness (QED) is 0.294. The third kappa shape index (κ3) is 3.79. The molecular formula is C32H26N4O4. The van der Waals surface area contributed by atoms with Crippen LogP contribution in [-0.4, -0.2) is 33.8 Å². The highest BCUT2D eigenvalue weighted by molar-refractivity contribution is 6.22. The number of anilines is 1. The molecule has 0 spiro atoms. The smallest absolute Gasteiger partial charge is 0.332 e. The molecule has 2 atom stereocenters. The molecule has 0 radical (unpaired) electrons. The van der Waals surface area contributed by atoms with E-state index in [1.807, 2.05) is 49.4 Å². The summed E-state index contributed by atoms with van der Waals surface area (Å²) in [5, 5.41) is 3.87. The fourth-order valence-corrected chi connectivity index (χ4v) is 5.85. The molecule has 40 heavy (non-hydrogen) atoms. The number of H-pyrrole nitrogens is 1. The monoisotopic (exact) mass is 530 g/mol. The van der Waals surface area contributed by atoms with Crippen LogP contribution in [0.4, 0.5) is 10.5 Å². The van der Waals surface area contributed by atoms with Crippen LogP contribution in [0.25, 0.3) is 10.9 Å². The van der Waals surface area contributed by atoms with Crippen molar-refractivity contribution in [2.45, 2.75) is 32.0 Å². The molecule has 4 amide bonds. The fraction of sp³-hybridized carbons (Fsp3) is 0.156. The SMILES string of the molecule is Cc1ccc(C2c3[nH]c4ccccc4c3C[C@H]3C(=O)N(c4ccc(C(=O)NCc5ccco5)cc4)C(=O)N23)cc1. The van der Waals surface area contributed by atoms with Crippen LogP contribution >= 0.6 is 0 Å². The zero-order chi connectivity index (χ0) is 27.4. The zero-order valence-corrected chi connectivity index (χ0v) is 21.8. The molecule has 3 aromatic carbocycles. The number of hydrogen-bond donors (Lipinski definition) is 2. The molecular weight excluding hydrogens is 504 g/mol. The minimum absolute atomic E-state index is 0.266. The van der Waals surface area contributed by atoms with Crippen molar-refractivity contribution in [3.05, 3.63) is 125 Å². The summed E-state index contributed by atoms with van der Waals surface area (Å²) in [7, 11) is 0. The van der Waals surface area contributed by atoms with Gasteiger partial charge in [0.2, 0.25) is 0 Å². The molecule has 1 fully saturated rings. The number of urea groups is 1. The van der Waals surface area contributed by atoms with Crippen molar-refractivity contribution in [1.82, 2.24) is 15.2 Å². The molecule has 2 aliphatic heterocycles. The first kappa shape index (κ1) is 24.0. The lowest BCUT2D eigenvalue weighted by atomic mass is 9.88. The predicted molar refractivity (Wildman–Crippen MR) is 150 cm³/mol. The Labute approximate surface area is 230 Å². The topological polar surface area (TPSA) is 98.6 Å². The molecule has 0 aliphatic carbocycles. The molecule has 2 N–H and O–H groups in total. The van der Waals surface area contributed by atoms with E-state index in [9.17, 15) is 14.4 Å². The second-order valence-electron chi connectivity index (χ2n) is 10.3. The van der Waals surface area contributed by atoms with E-state index >= 15 is 0 Å². The van der Waals surface area contributed by atoms with Gasteiger partial charge in [-0.15, -0.1) is 0 Å². The Kier molecular flexibility index (Phi) is 5.55. The summed E-state index contributed by atoms with van der Waals surface area (Å²) in [6.45, 7) is 2.29. The molecule has 4 heterocycles. The number of carbonyl (C=O) groups excluding carboxylic acids is 3. The highest BCUT2D eigenvalue weighted by Crippen LogP contribution is 2.44. The lowest BCUT2D eigenvalue weighted by Crippen LogP contribution is -2.44. The average Bonchev–Trinajstić information content (AvgIpc) is 3.69. The molecule has 1 saturated heterocycles. The molecule has 1 unspecified atom stereocenters. The summed E-state index contributed by atoms with van der Waals surface area (Å²) in [6, 6.07) is 24.8. The van der Waals surface area contributed by atoms with Crippen molar-refractivity contribution in [2.24, 2.45) is 0 Å². The minimum Gasteiger partial charge on any atom is -0.467 e. The van der Waals surface area contributed by atoms with Crippen molar-refractivity contribution in [3.63, 3.8) is 0 Å². The molecule has 198 valence electrons. The Hall–Kier alpha value is -5.11. The molecule has 7 rings (SSSR count). The summed E-state index contributed by atoms with van der Waals surface area (Å²) in [5.74, 6) is 0.105. The number of rotatable bonds is 5. The van der Waals surface area contributed by atoms with Crippen LogP contribution in [0.3, 0.4) is 0 Å². The second-order valence-corrected chi connectivity index (χ2v) is 10.3. The first-order valence-corrected chi connectivity index (χ1v) is 13.2. The summed E-state index contributed by atoms with van der Waals surface area (Å²) in [4.78, 5) is 47.0. The van der Waals surface area contributed by atoms with E-state index in [0.717, 1.165) is 33.3 Å². The van der Waals surface area contributed by atoms with Crippen LogP contribution in [0.15, 0.2) is 95.6 Å². The van der Waals surface area contributed by atoms with Crippen LogP contribution in [0, 0.1) is 6.92 Å². The van der Waals surface area contributed by atoms with Gasteiger partial charge < -0.3 is 14.7 Å². The highest BCUT2D eigenvalue weighted by atomic mass is 16.3. The third-order valence-electron chi connectivity index (χ3n) is 7.83. The Morgan fingerprint density at radius 1 is 0.975 bits per heavy atom. The maximum absolute atomic E-state index is 14.0. The average molecular weight is 531 g/mol. The van der Waals surface area contributed by atoms with E-state index in [2.05, 4.69) is 16.4 Å². The Morgan fingerprint density at radius 2 is 1.75 bits per heavy atom. The maximum atomic E-state index is 14.0. The van der Waals surface area contributed by atoms with Gasteiger partial charge in [-0.2, -0.15) is 0 Å². The number of aromatic nitrogens is 1. The molecule has 2 aliphatic rings. The summed E-state index contributed by atoms with van der Waals surface area (Å²) < 4.78 is 5.26. The van der Waals surface area contributed by atoms with Crippen LogP contribution in [0.5, 0.6) is 0 Å².